The van der Waals surface area contributed by atoms with E-state index in [9.17, 15) is 0 Å². The third kappa shape index (κ3) is 4.37. The minimum atomic E-state index is 0.815. The predicted octanol–water partition coefficient (Wildman–Crippen LogP) is 8.32. The van der Waals surface area contributed by atoms with E-state index in [1.54, 1.807) is 14.2 Å². The lowest BCUT2D eigenvalue weighted by Gasteiger charge is -2.16. The Morgan fingerprint density at radius 3 is 1.11 bits per heavy atom. The summed E-state index contributed by atoms with van der Waals surface area (Å²) in [5.41, 5.74) is 9.60. The van der Waals surface area contributed by atoms with E-state index in [1.165, 1.54) is 0 Å². The zero-order valence-corrected chi connectivity index (χ0v) is 21.3. The molecule has 0 bridgehead atoms. The molecule has 0 N–H and O–H groups in total. The van der Waals surface area contributed by atoms with E-state index in [0.29, 0.717) is 0 Å². The van der Waals surface area contributed by atoms with Crippen LogP contribution in [0.2, 0.25) is 0 Å². The quantitative estimate of drug-likeness (QED) is 0.233. The molecule has 4 heteroatoms. The lowest BCUT2D eigenvalue weighted by atomic mass is 9.96. The van der Waals surface area contributed by atoms with E-state index >= 15 is 0 Å². The van der Waals surface area contributed by atoms with E-state index in [1.807, 2.05) is 60.7 Å². The van der Waals surface area contributed by atoms with Gasteiger partial charge in [-0.15, -0.1) is 0 Å². The molecule has 0 atom stereocenters. The van der Waals surface area contributed by atoms with Gasteiger partial charge in [-0.3, -0.25) is 0 Å². The van der Waals surface area contributed by atoms with Crippen LogP contribution < -0.4 is 9.47 Å². The van der Waals surface area contributed by atoms with Gasteiger partial charge in [0.2, 0.25) is 0 Å². The van der Waals surface area contributed by atoms with Crippen LogP contribution in [0.5, 0.6) is 11.5 Å². The van der Waals surface area contributed by atoms with Crippen molar-refractivity contribution in [1.82, 2.24) is 9.97 Å². The Hall–Kier alpha value is -4.96. The first-order valence-corrected chi connectivity index (χ1v) is 12.5. The zero-order chi connectivity index (χ0) is 25.9. The minimum Gasteiger partial charge on any atom is -0.497 e. The van der Waals surface area contributed by atoms with Crippen molar-refractivity contribution in [1.29, 1.82) is 0 Å². The number of rotatable bonds is 6. The second-order valence-corrected chi connectivity index (χ2v) is 8.97. The second kappa shape index (κ2) is 10.2. The lowest BCUT2D eigenvalue weighted by Crippen LogP contribution is -1.99. The molecule has 0 aliphatic rings. The largest absolute Gasteiger partial charge is 0.497 e. The number of methoxy groups -OCH3 is 2. The first-order chi connectivity index (χ1) is 18.7. The highest BCUT2D eigenvalue weighted by Crippen LogP contribution is 2.39. The van der Waals surface area contributed by atoms with Crippen LogP contribution in [-0.4, -0.2) is 24.2 Å². The van der Waals surface area contributed by atoms with Crippen LogP contribution in [0.25, 0.3) is 55.8 Å². The van der Waals surface area contributed by atoms with Crippen molar-refractivity contribution < 1.29 is 9.47 Å². The van der Waals surface area contributed by atoms with Gasteiger partial charge < -0.3 is 9.47 Å². The number of benzene rings is 5. The molecule has 184 valence electrons. The van der Waals surface area contributed by atoms with Crippen LogP contribution in [0.15, 0.2) is 121 Å². The van der Waals surface area contributed by atoms with Gasteiger partial charge in [0, 0.05) is 22.3 Å². The highest BCUT2D eigenvalue weighted by atomic mass is 16.5. The van der Waals surface area contributed by atoms with Gasteiger partial charge in [-0.25, -0.2) is 9.97 Å². The van der Waals surface area contributed by atoms with Gasteiger partial charge in [0.05, 0.1) is 36.6 Å². The third-order valence-electron chi connectivity index (χ3n) is 6.72. The molecule has 5 aromatic carbocycles. The molecule has 0 saturated heterocycles. The zero-order valence-electron chi connectivity index (χ0n) is 21.3. The summed E-state index contributed by atoms with van der Waals surface area (Å²) >= 11 is 0. The summed E-state index contributed by atoms with van der Waals surface area (Å²) in [7, 11) is 3.35. The van der Waals surface area contributed by atoms with Crippen molar-refractivity contribution in [2.45, 2.75) is 0 Å². The van der Waals surface area contributed by atoms with Gasteiger partial charge in [-0.05, 0) is 35.4 Å². The molecule has 0 saturated carbocycles. The van der Waals surface area contributed by atoms with Gasteiger partial charge in [0.1, 0.15) is 11.5 Å². The summed E-state index contributed by atoms with van der Waals surface area (Å²) in [6.45, 7) is 0. The molecule has 0 amide bonds. The van der Waals surface area contributed by atoms with Crippen molar-refractivity contribution >= 4 is 11.0 Å². The maximum Gasteiger partial charge on any atom is 0.118 e. The van der Waals surface area contributed by atoms with Crippen molar-refractivity contribution in [2.24, 2.45) is 0 Å². The average Bonchev–Trinajstić information content (AvgIpc) is 3.01. The summed E-state index contributed by atoms with van der Waals surface area (Å²) < 4.78 is 10.8. The van der Waals surface area contributed by atoms with Gasteiger partial charge in [-0.2, -0.15) is 0 Å². The molecule has 6 rings (SSSR count). The molecular formula is C34H26N2O2. The molecule has 0 radical (unpaired) electrons. The van der Waals surface area contributed by atoms with Crippen LogP contribution in [-0.2, 0) is 0 Å². The van der Waals surface area contributed by atoms with Crippen LogP contribution in [0, 0.1) is 0 Å². The van der Waals surface area contributed by atoms with Crippen LogP contribution >= 0.6 is 0 Å². The highest BCUT2D eigenvalue weighted by Gasteiger charge is 2.19. The van der Waals surface area contributed by atoms with Gasteiger partial charge in [0.25, 0.3) is 0 Å². The topological polar surface area (TPSA) is 44.2 Å². The first kappa shape index (κ1) is 23.4. The third-order valence-corrected chi connectivity index (χ3v) is 6.72. The first-order valence-electron chi connectivity index (χ1n) is 12.5. The molecule has 1 aromatic heterocycles. The van der Waals surface area contributed by atoms with Crippen molar-refractivity contribution in [2.75, 3.05) is 14.2 Å². The molecule has 4 nitrogen and oxygen atoms in total. The van der Waals surface area contributed by atoms with Crippen LogP contribution in [0.3, 0.4) is 0 Å². The molecule has 0 aliphatic heterocycles. The van der Waals surface area contributed by atoms with E-state index in [0.717, 1.165) is 67.3 Å². The fraction of sp³-hybridized carbons (Fsp3) is 0.0588. The molecule has 0 aliphatic carbocycles. The van der Waals surface area contributed by atoms with Crippen LogP contribution in [0.4, 0.5) is 0 Å². The number of nitrogens with zero attached hydrogens (tertiary/aromatic N) is 2. The Balaban J connectivity index is 1.68. The molecule has 1 heterocycles. The summed E-state index contributed by atoms with van der Waals surface area (Å²) in [6.07, 6.45) is 0. The maximum atomic E-state index is 5.39. The van der Waals surface area contributed by atoms with E-state index in [-0.39, 0.29) is 0 Å². The van der Waals surface area contributed by atoms with E-state index < -0.39 is 0 Å². The normalized spacial score (nSPS) is 10.9. The van der Waals surface area contributed by atoms with Gasteiger partial charge in [-0.1, -0.05) is 97.1 Å². The predicted molar refractivity (Wildman–Crippen MR) is 154 cm³/mol. The SMILES string of the molecule is COc1ccc(-c2ccc(-c3ccc(OC)cc3)c3nc(-c4ccccc4)c(-c4ccccc4)nc23)cc1. The maximum absolute atomic E-state index is 5.39. The summed E-state index contributed by atoms with van der Waals surface area (Å²) in [6, 6.07) is 41.0. The van der Waals surface area contributed by atoms with Crippen molar-refractivity contribution in [3.05, 3.63) is 121 Å². The Morgan fingerprint density at radius 2 is 0.763 bits per heavy atom. The van der Waals surface area contributed by atoms with E-state index in [4.69, 9.17) is 19.4 Å². The second-order valence-electron chi connectivity index (χ2n) is 8.97. The Morgan fingerprint density at radius 1 is 0.395 bits per heavy atom. The number of hydrogen-bond donors (Lipinski definition) is 0. The fourth-order valence-electron chi connectivity index (χ4n) is 4.74. The number of fused-ring (bicyclic) bond motifs is 1. The number of aromatic nitrogens is 2. The number of ether oxygens (including phenoxy) is 2. The van der Waals surface area contributed by atoms with Crippen molar-refractivity contribution in [3.8, 4) is 56.3 Å². The Labute approximate surface area is 222 Å². The van der Waals surface area contributed by atoms with Gasteiger partial charge in [0.15, 0.2) is 0 Å². The smallest absolute Gasteiger partial charge is 0.118 e. The molecule has 6 aromatic rings. The van der Waals surface area contributed by atoms with Gasteiger partial charge >= 0.3 is 0 Å². The highest BCUT2D eigenvalue weighted by molar-refractivity contribution is 6.03. The summed E-state index contributed by atoms with van der Waals surface area (Å²) in [5, 5.41) is 0. The summed E-state index contributed by atoms with van der Waals surface area (Å²) in [5.74, 6) is 1.63. The fourth-order valence-corrected chi connectivity index (χ4v) is 4.74. The average molecular weight is 495 g/mol. The Kier molecular flexibility index (Phi) is 6.29. The minimum absolute atomic E-state index is 0.815. The monoisotopic (exact) mass is 494 g/mol. The summed E-state index contributed by atoms with van der Waals surface area (Å²) in [4.78, 5) is 10.7. The molecule has 0 fully saturated rings. The molecular weight excluding hydrogens is 468 g/mol. The lowest BCUT2D eigenvalue weighted by molar-refractivity contribution is 0.415. The van der Waals surface area contributed by atoms with Crippen LogP contribution in [0.1, 0.15) is 0 Å². The van der Waals surface area contributed by atoms with Crippen molar-refractivity contribution in [3.63, 3.8) is 0 Å². The molecule has 0 unspecified atom stereocenters. The van der Waals surface area contributed by atoms with E-state index in [2.05, 4.69) is 60.7 Å². The molecule has 0 spiro atoms. The Bertz CT molecular complexity index is 1570. The molecule has 38 heavy (non-hydrogen) atoms. The number of hydrogen-bond acceptors (Lipinski definition) is 4. The standard InChI is InChI=1S/C34H26N2O2/c1-37-27-17-13-23(14-18-27)29-21-22-30(24-15-19-28(38-2)20-16-24)34-33(29)35-31(25-9-5-3-6-10-25)32(36-34)26-11-7-4-8-12-26/h3-22H,1-2H3.